The van der Waals surface area contributed by atoms with Crippen molar-refractivity contribution in [1.29, 1.82) is 0 Å². The highest BCUT2D eigenvalue weighted by Gasteiger charge is 2.42. The number of nitrogens with two attached hydrogens (primary N) is 2. The van der Waals surface area contributed by atoms with Gasteiger partial charge in [0, 0.05) is 37.4 Å². The number of thioether (sulfide) groups is 1. The predicted octanol–water partition coefficient (Wildman–Crippen LogP) is 4.33. The molecule has 2 aliphatic rings. The summed E-state index contributed by atoms with van der Waals surface area (Å²) in [5.74, 6) is -2.37. The maximum atomic E-state index is 14.8. The van der Waals surface area contributed by atoms with Crippen molar-refractivity contribution in [3.8, 4) is 0 Å². The molecule has 0 spiro atoms. The summed E-state index contributed by atoms with van der Waals surface area (Å²) in [6.07, 6.45) is 5.21. The minimum Gasteiger partial charge on any atom is -0.368 e. The Bertz CT molecular complexity index is 2300. The van der Waals surface area contributed by atoms with E-state index in [4.69, 9.17) is 11.5 Å². The fourth-order valence-corrected chi connectivity index (χ4v) is 10.9. The van der Waals surface area contributed by atoms with Crippen LogP contribution in [0.15, 0.2) is 91.0 Å². The van der Waals surface area contributed by atoms with E-state index in [1.807, 2.05) is 110 Å². The number of hydrogen-bond acceptors (Lipinski definition) is 10. The number of carbonyl (C=O) groups is 8. The second kappa shape index (κ2) is 29.3. The number of amides is 9. The first-order valence-corrected chi connectivity index (χ1v) is 26.7. The predicted molar refractivity (Wildman–Crippen MR) is 282 cm³/mol. The maximum Gasteiger partial charge on any atom is 0.315 e. The lowest BCUT2D eigenvalue weighted by molar-refractivity contribution is -0.149. The summed E-state index contributed by atoms with van der Waals surface area (Å²) in [5, 5.41) is 11.9. The molecule has 3 aromatic carbocycles. The van der Waals surface area contributed by atoms with E-state index in [1.54, 1.807) is 13.8 Å². The molecule has 73 heavy (non-hydrogen) atoms. The SMILES string of the molecule is CC(=O)N(CC(=O)N(CCCCN)CC(=O)N(CC(=O)N(CC(=O)N[C@@H](CCCCNC(=O)CCCCC1SC[C@@H]2NC(=O)N[C@H]12)C(N)=O)[C@@H](C)c1ccccc1)[C@@H](C)c1ccccc1)[C@@H](C)c1ccccc1. The second-order valence-electron chi connectivity index (χ2n) is 19.0. The van der Waals surface area contributed by atoms with Gasteiger partial charge in [0.05, 0.1) is 36.8 Å². The molecular formula is C54H76N10O8S. The molecule has 0 radical (unpaired) electrons. The van der Waals surface area contributed by atoms with Crippen LogP contribution in [0.5, 0.6) is 0 Å². The van der Waals surface area contributed by atoms with E-state index >= 15 is 0 Å². The molecule has 2 fully saturated rings. The minimum atomic E-state index is -1.05. The highest BCUT2D eigenvalue weighted by Crippen LogP contribution is 2.33. The number of urea groups is 1. The monoisotopic (exact) mass is 1020 g/mol. The van der Waals surface area contributed by atoms with Gasteiger partial charge in [-0.3, -0.25) is 33.6 Å². The molecule has 19 heteroatoms. The van der Waals surface area contributed by atoms with Crippen LogP contribution < -0.4 is 32.7 Å². The highest BCUT2D eigenvalue weighted by molar-refractivity contribution is 8.00. The Morgan fingerprint density at radius 2 is 1.21 bits per heavy atom. The smallest absolute Gasteiger partial charge is 0.315 e. The summed E-state index contributed by atoms with van der Waals surface area (Å²) >= 11 is 1.85. The molecule has 0 bridgehead atoms. The van der Waals surface area contributed by atoms with Crippen LogP contribution in [0.4, 0.5) is 4.79 Å². The quantitative estimate of drug-likeness (QED) is 0.0408. The Morgan fingerprint density at radius 1 is 0.658 bits per heavy atom. The van der Waals surface area contributed by atoms with Crippen LogP contribution in [0.2, 0.25) is 0 Å². The molecule has 2 aliphatic heterocycles. The highest BCUT2D eigenvalue weighted by atomic mass is 32.2. The maximum absolute atomic E-state index is 14.8. The number of rotatable bonds is 30. The number of unbranched alkanes of at least 4 members (excludes halogenated alkanes) is 3. The number of benzene rings is 3. The van der Waals surface area contributed by atoms with Crippen LogP contribution in [0.1, 0.15) is 120 Å². The summed E-state index contributed by atoms with van der Waals surface area (Å²) < 4.78 is 0. The molecule has 2 saturated heterocycles. The molecular weight excluding hydrogens is 949 g/mol. The van der Waals surface area contributed by atoms with Crippen LogP contribution >= 0.6 is 11.8 Å². The number of nitrogens with one attached hydrogen (secondary N) is 4. The number of fused-ring (bicyclic) bond motifs is 1. The van der Waals surface area contributed by atoms with E-state index in [2.05, 4.69) is 21.3 Å². The third-order valence-corrected chi connectivity index (χ3v) is 15.3. The van der Waals surface area contributed by atoms with Crippen molar-refractivity contribution >= 4 is 59.1 Å². The molecule has 0 aromatic heterocycles. The number of nitrogens with zero attached hydrogens (tertiary/aromatic N) is 4. The van der Waals surface area contributed by atoms with E-state index < -0.39 is 66.8 Å². The molecule has 0 saturated carbocycles. The van der Waals surface area contributed by atoms with Gasteiger partial charge in [0.25, 0.3) is 0 Å². The van der Waals surface area contributed by atoms with Crippen molar-refractivity contribution in [3.63, 3.8) is 0 Å². The number of primary amides is 1. The summed E-state index contributed by atoms with van der Waals surface area (Å²) in [6.45, 7) is 6.17. The van der Waals surface area contributed by atoms with Gasteiger partial charge in [-0.05, 0) is 89.0 Å². The topological polar surface area (TPSA) is 250 Å². The Kier molecular flexibility index (Phi) is 23.0. The normalized spacial score (nSPS) is 17.4. The zero-order valence-electron chi connectivity index (χ0n) is 42.8. The third kappa shape index (κ3) is 17.6. The summed E-state index contributed by atoms with van der Waals surface area (Å²) in [6, 6.07) is 25.1. The molecule has 5 rings (SSSR count). The van der Waals surface area contributed by atoms with Gasteiger partial charge < -0.3 is 52.3 Å². The van der Waals surface area contributed by atoms with Gasteiger partial charge in [0.1, 0.15) is 25.7 Å². The first kappa shape index (κ1) is 57.4. The van der Waals surface area contributed by atoms with E-state index in [9.17, 15) is 38.4 Å². The van der Waals surface area contributed by atoms with Crippen molar-refractivity contribution in [3.05, 3.63) is 108 Å². The fraction of sp³-hybridized carbons (Fsp3) is 0.519. The minimum absolute atomic E-state index is 0.0678. The lowest BCUT2D eigenvalue weighted by atomic mass is 10.0. The van der Waals surface area contributed by atoms with Gasteiger partial charge in [-0.1, -0.05) is 97.4 Å². The summed E-state index contributed by atoms with van der Waals surface area (Å²) in [5.41, 5.74) is 13.9. The summed E-state index contributed by atoms with van der Waals surface area (Å²) in [4.78, 5) is 113. The van der Waals surface area contributed by atoms with E-state index in [-0.39, 0.29) is 56.0 Å². The van der Waals surface area contributed by atoms with Gasteiger partial charge >= 0.3 is 6.03 Å². The third-order valence-electron chi connectivity index (χ3n) is 13.8. The standard InChI is InChI=1S/C54H76N10O8S/c1-37(41-20-8-5-9-21-41)62(40(4)65)34-49(68)61(31-19-17-29-55)33-50(69)64(39(3)43-24-12-7-13-25-43)35-51(70)63(38(2)42-22-10-6-11-23-42)32-48(67)58-44(53(56)71)26-16-18-30-57-47(66)28-15-14-27-46-52-45(36-73-46)59-54(72)60-52/h5-13,20-25,37-39,44-46,52H,14-19,26-36,55H2,1-4H3,(H2,56,71)(H,57,66)(H,58,67)(H2,59,60,72)/t37-,38-,39-,44-,45-,46?,52-/m0/s1. The van der Waals surface area contributed by atoms with E-state index in [1.165, 1.54) is 26.5 Å². The fourth-order valence-electron chi connectivity index (χ4n) is 9.36. The van der Waals surface area contributed by atoms with Gasteiger partial charge in [-0.15, -0.1) is 0 Å². The molecule has 18 nitrogen and oxygen atoms in total. The van der Waals surface area contributed by atoms with Crippen molar-refractivity contribution in [2.75, 3.05) is 51.6 Å². The Morgan fingerprint density at radius 3 is 1.77 bits per heavy atom. The van der Waals surface area contributed by atoms with Crippen LogP contribution in [-0.2, 0) is 33.6 Å². The average Bonchev–Trinajstić information content (AvgIpc) is 3.95. The molecule has 2 heterocycles. The lowest BCUT2D eigenvalue weighted by Gasteiger charge is -2.36. The van der Waals surface area contributed by atoms with Gasteiger partial charge in [0.15, 0.2) is 0 Å². The molecule has 0 aliphatic carbocycles. The average molecular weight is 1030 g/mol. The van der Waals surface area contributed by atoms with Gasteiger partial charge in [0.2, 0.25) is 41.4 Å². The van der Waals surface area contributed by atoms with Crippen molar-refractivity contribution in [1.82, 2.24) is 40.9 Å². The second-order valence-corrected chi connectivity index (χ2v) is 20.3. The van der Waals surface area contributed by atoms with Crippen LogP contribution in [0.25, 0.3) is 0 Å². The molecule has 7 atom stereocenters. The first-order valence-electron chi connectivity index (χ1n) is 25.6. The lowest BCUT2D eigenvalue weighted by Crippen LogP contribution is -2.52. The number of carbonyl (C=O) groups excluding carboxylic acids is 8. The Hall–Kier alpha value is -6.47. The molecule has 396 valence electrons. The van der Waals surface area contributed by atoms with Crippen molar-refractivity contribution < 1.29 is 38.4 Å². The van der Waals surface area contributed by atoms with Gasteiger partial charge in [-0.25, -0.2) is 4.79 Å². The van der Waals surface area contributed by atoms with E-state index in [0.717, 1.165) is 41.7 Å². The number of hydrogen-bond donors (Lipinski definition) is 6. The zero-order chi connectivity index (χ0) is 52.9. The Labute approximate surface area is 434 Å². The molecule has 8 N–H and O–H groups in total. The van der Waals surface area contributed by atoms with Crippen molar-refractivity contribution in [2.45, 2.75) is 127 Å². The van der Waals surface area contributed by atoms with Crippen LogP contribution in [-0.4, -0.2) is 142 Å². The van der Waals surface area contributed by atoms with Crippen LogP contribution in [0.3, 0.4) is 0 Å². The molecule has 9 amide bonds. The van der Waals surface area contributed by atoms with Crippen LogP contribution in [0, 0.1) is 0 Å². The largest absolute Gasteiger partial charge is 0.368 e. The first-order chi connectivity index (χ1) is 35.1. The summed E-state index contributed by atoms with van der Waals surface area (Å²) in [7, 11) is 0. The Balaban J connectivity index is 1.23. The molecule has 1 unspecified atom stereocenters. The van der Waals surface area contributed by atoms with Gasteiger partial charge in [-0.2, -0.15) is 11.8 Å². The zero-order valence-corrected chi connectivity index (χ0v) is 43.7. The molecule has 3 aromatic rings. The van der Waals surface area contributed by atoms with Crippen molar-refractivity contribution in [2.24, 2.45) is 11.5 Å². The van der Waals surface area contributed by atoms with E-state index in [0.29, 0.717) is 50.4 Å².